The number of nitrogens with two attached hydrogens (primary N) is 1. The van der Waals surface area contributed by atoms with Crippen molar-refractivity contribution in [3.63, 3.8) is 0 Å². The number of benzene rings is 1. The maximum Gasteiger partial charge on any atom is 0.243 e. The third-order valence-electron chi connectivity index (χ3n) is 2.88. The van der Waals surface area contributed by atoms with Crippen LogP contribution in [0.3, 0.4) is 0 Å². The van der Waals surface area contributed by atoms with Gasteiger partial charge < -0.3 is 5.73 Å². The molecule has 0 aromatic heterocycles. The van der Waals surface area contributed by atoms with Gasteiger partial charge in [0, 0.05) is 16.2 Å². The highest BCUT2D eigenvalue weighted by Crippen LogP contribution is 2.27. The first-order chi connectivity index (χ1) is 8.90. The molecule has 19 heavy (non-hydrogen) atoms. The molecule has 1 aliphatic heterocycles. The summed E-state index contributed by atoms with van der Waals surface area (Å²) in [6.07, 6.45) is 1.52. The van der Waals surface area contributed by atoms with E-state index in [0.717, 1.165) is 36.5 Å². The van der Waals surface area contributed by atoms with Gasteiger partial charge in [-0.15, -0.1) is 0 Å². The van der Waals surface area contributed by atoms with Crippen LogP contribution >= 0.6 is 27.7 Å². The minimum atomic E-state index is -3.86. The molecule has 1 aromatic rings. The number of hydrogen-bond acceptors (Lipinski definition) is 4. The van der Waals surface area contributed by atoms with Crippen LogP contribution in [0.5, 0.6) is 0 Å². The second kappa shape index (κ2) is 5.99. The first kappa shape index (κ1) is 15.1. The summed E-state index contributed by atoms with van der Waals surface area (Å²) in [5.41, 5.74) is 5.81. The second-order valence-electron chi connectivity index (χ2n) is 4.31. The lowest BCUT2D eigenvalue weighted by Crippen LogP contribution is -2.37. The Morgan fingerprint density at radius 2 is 2.00 bits per heavy atom. The van der Waals surface area contributed by atoms with Crippen LogP contribution in [0.1, 0.15) is 12.8 Å². The summed E-state index contributed by atoms with van der Waals surface area (Å²) in [4.78, 5) is -0.397. The van der Waals surface area contributed by atoms with Gasteiger partial charge in [0.05, 0.1) is 0 Å². The summed E-state index contributed by atoms with van der Waals surface area (Å²) in [5, 5.41) is 0. The van der Waals surface area contributed by atoms with Crippen LogP contribution in [0.2, 0.25) is 0 Å². The van der Waals surface area contributed by atoms with Crippen molar-refractivity contribution in [1.82, 2.24) is 4.72 Å². The topological polar surface area (TPSA) is 72.2 Å². The van der Waals surface area contributed by atoms with Crippen LogP contribution in [-0.2, 0) is 10.0 Å². The first-order valence-electron chi connectivity index (χ1n) is 5.75. The molecule has 2 rings (SSSR count). The lowest BCUT2D eigenvalue weighted by Gasteiger charge is -2.22. The number of anilines is 1. The summed E-state index contributed by atoms with van der Waals surface area (Å²) >= 11 is 4.86. The van der Waals surface area contributed by atoms with E-state index >= 15 is 0 Å². The summed E-state index contributed by atoms with van der Waals surface area (Å²) in [6.45, 7) is 0. The number of nitrogen functional groups attached to an aromatic ring is 1. The van der Waals surface area contributed by atoms with Crippen LogP contribution in [0, 0.1) is 5.82 Å². The summed E-state index contributed by atoms with van der Waals surface area (Å²) in [7, 11) is -3.86. The van der Waals surface area contributed by atoms with E-state index in [2.05, 4.69) is 20.7 Å². The molecule has 3 N–H and O–H groups in total. The maximum atomic E-state index is 13.8. The van der Waals surface area contributed by atoms with Crippen molar-refractivity contribution in [1.29, 1.82) is 0 Å². The van der Waals surface area contributed by atoms with E-state index < -0.39 is 20.7 Å². The highest BCUT2D eigenvalue weighted by atomic mass is 79.9. The molecule has 0 spiro atoms. The van der Waals surface area contributed by atoms with Gasteiger partial charge in [-0.1, -0.05) is 0 Å². The largest absolute Gasteiger partial charge is 0.398 e. The Hall–Kier alpha value is -0.310. The fourth-order valence-electron chi connectivity index (χ4n) is 1.85. The number of nitrogens with one attached hydrogen (secondary N) is 1. The normalized spacial score (nSPS) is 17.6. The standard InChI is InChI=1S/C11H14BrFN2O2S2/c12-8-5-9(13)11(6-10(8)14)19(16,17)15-7-1-3-18-4-2-7/h5-7,15H,1-4,14H2. The summed E-state index contributed by atoms with van der Waals surface area (Å²) < 4.78 is 41.0. The van der Waals surface area contributed by atoms with Crippen LogP contribution in [0.25, 0.3) is 0 Å². The molecule has 1 saturated heterocycles. The molecule has 0 bridgehead atoms. The quantitative estimate of drug-likeness (QED) is 0.803. The molecule has 1 aliphatic rings. The van der Waals surface area contributed by atoms with Crippen molar-refractivity contribution in [2.24, 2.45) is 0 Å². The average Bonchev–Trinajstić information content (AvgIpc) is 2.34. The van der Waals surface area contributed by atoms with Gasteiger partial charge in [0.15, 0.2) is 0 Å². The molecule has 0 radical (unpaired) electrons. The average molecular weight is 369 g/mol. The van der Waals surface area contributed by atoms with E-state index in [1.165, 1.54) is 0 Å². The molecule has 0 atom stereocenters. The van der Waals surface area contributed by atoms with Gasteiger partial charge in [0.2, 0.25) is 10.0 Å². The molecule has 1 heterocycles. The molecule has 0 unspecified atom stereocenters. The zero-order chi connectivity index (χ0) is 14.0. The fourth-order valence-corrected chi connectivity index (χ4v) is 4.67. The molecule has 0 aliphatic carbocycles. The van der Waals surface area contributed by atoms with Gasteiger partial charge in [-0.25, -0.2) is 17.5 Å². The molecular formula is C11H14BrFN2O2S2. The Balaban J connectivity index is 2.26. The second-order valence-corrected chi connectivity index (χ2v) is 8.07. The Bertz CT molecular complexity index is 574. The molecule has 0 saturated carbocycles. The van der Waals surface area contributed by atoms with Crippen molar-refractivity contribution < 1.29 is 12.8 Å². The predicted molar refractivity (Wildman–Crippen MR) is 79.2 cm³/mol. The number of hydrogen-bond donors (Lipinski definition) is 2. The Morgan fingerprint density at radius 3 is 2.63 bits per heavy atom. The molecule has 4 nitrogen and oxygen atoms in total. The van der Waals surface area contributed by atoms with E-state index in [1.807, 2.05) is 0 Å². The van der Waals surface area contributed by atoms with Gasteiger partial charge in [-0.2, -0.15) is 11.8 Å². The fraction of sp³-hybridized carbons (Fsp3) is 0.455. The molecular weight excluding hydrogens is 355 g/mol. The maximum absolute atomic E-state index is 13.8. The smallest absolute Gasteiger partial charge is 0.243 e. The van der Waals surface area contributed by atoms with Crippen molar-refractivity contribution in [3.05, 3.63) is 22.4 Å². The summed E-state index contributed by atoms with van der Waals surface area (Å²) in [6, 6.07) is 2.08. The monoisotopic (exact) mass is 368 g/mol. The van der Waals surface area contributed by atoms with E-state index in [9.17, 15) is 12.8 Å². The predicted octanol–water partition coefficient (Wildman–Crippen LogP) is 2.34. The SMILES string of the molecule is Nc1cc(S(=O)(=O)NC2CCSCC2)c(F)cc1Br. The van der Waals surface area contributed by atoms with Gasteiger partial charge in [0.1, 0.15) is 10.7 Å². The molecule has 0 amide bonds. The van der Waals surface area contributed by atoms with Crippen molar-refractivity contribution in [2.75, 3.05) is 17.2 Å². The van der Waals surface area contributed by atoms with Gasteiger partial charge in [-0.3, -0.25) is 0 Å². The minimum Gasteiger partial charge on any atom is -0.398 e. The molecule has 1 fully saturated rings. The van der Waals surface area contributed by atoms with Crippen molar-refractivity contribution in [2.45, 2.75) is 23.8 Å². The van der Waals surface area contributed by atoms with Crippen molar-refractivity contribution in [3.8, 4) is 0 Å². The zero-order valence-electron chi connectivity index (χ0n) is 10.0. The minimum absolute atomic E-state index is 0.129. The number of halogens is 2. The third kappa shape index (κ3) is 3.62. The van der Waals surface area contributed by atoms with Gasteiger partial charge in [-0.05, 0) is 52.4 Å². The van der Waals surface area contributed by atoms with Crippen LogP contribution in [0.4, 0.5) is 10.1 Å². The number of thioether (sulfide) groups is 1. The Morgan fingerprint density at radius 1 is 1.37 bits per heavy atom. The lowest BCUT2D eigenvalue weighted by molar-refractivity contribution is 0.519. The van der Waals surface area contributed by atoms with Crippen molar-refractivity contribution >= 4 is 43.4 Å². The van der Waals surface area contributed by atoms with Gasteiger partial charge >= 0.3 is 0 Å². The molecule has 1 aromatic carbocycles. The molecule has 8 heteroatoms. The third-order valence-corrected chi connectivity index (χ3v) is 6.15. The van der Waals surface area contributed by atoms with Crippen LogP contribution < -0.4 is 10.5 Å². The first-order valence-corrected chi connectivity index (χ1v) is 9.18. The Labute approximate surface area is 124 Å². The van der Waals surface area contributed by atoms with E-state index in [-0.39, 0.29) is 11.7 Å². The summed E-state index contributed by atoms with van der Waals surface area (Å²) in [5.74, 6) is 1.02. The highest BCUT2D eigenvalue weighted by molar-refractivity contribution is 9.10. The Kier molecular flexibility index (Phi) is 4.75. The molecule has 106 valence electrons. The lowest BCUT2D eigenvalue weighted by atomic mass is 10.2. The van der Waals surface area contributed by atoms with E-state index in [0.29, 0.717) is 4.47 Å². The van der Waals surface area contributed by atoms with Gasteiger partial charge in [0.25, 0.3) is 0 Å². The highest BCUT2D eigenvalue weighted by Gasteiger charge is 2.25. The number of rotatable bonds is 3. The van der Waals surface area contributed by atoms with Crippen LogP contribution in [-0.4, -0.2) is 26.0 Å². The van der Waals surface area contributed by atoms with E-state index in [4.69, 9.17) is 5.73 Å². The number of sulfonamides is 1. The van der Waals surface area contributed by atoms with Crippen LogP contribution in [0.15, 0.2) is 21.5 Å². The zero-order valence-corrected chi connectivity index (χ0v) is 13.2. The van der Waals surface area contributed by atoms with E-state index in [1.54, 1.807) is 11.8 Å².